The van der Waals surface area contributed by atoms with Gasteiger partial charge in [-0.3, -0.25) is 14.4 Å². The molecule has 0 bridgehead atoms. The van der Waals surface area contributed by atoms with Gasteiger partial charge in [-0.05, 0) is 116 Å². The SMILES string of the molecule is CCCCCC(=O)N[C@@H](CO[C@@H]1O[C@H](COC(=O)c2ccc(F)cc2)[C@H](OC(=O)c2ccc(F)cc2)[C@H](OC(=O)c2ccc(F)cc2)[C@H]1OC(=O)c1ccc(F)cc1)C(=O)NCCCCCC(=O)O. The van der Waals surface area contributed by atoms with E-state index in [1.54, 1.807) is 0 Å². The van der Waals surface area contributed by atoms with Crippen LogP contribution in [0.5, 0.6) is 0 Å². The highest BCUT2D eigenvalue weighted by Gasteiger charge is 2.54. The number of carboxylic acids is 1. The van der Waals surface area contributed by atoms with Crippen molar-refractivity contribution in [1.82, 2.24) is 10.6 Å². The molecule has 69 heavy (non-hydrogen) atoms. The van der Waals surface area contributed by atoms with Crippen LogP contribution in [0.1, 0.15) is 99.7 Å². The van der Waals surface area contributed by atoms with E-state index in [4.69, 9.17) is 33.5 Å². The summed E-state index contributed by atoms with van der Waals surface area (Å²) in [5, 5.41) is 14.2. The molecule has 6 atom stereocenters. The fourth-order valence-corrected chi connectivity index (χ4v) is 6.80. The van der Waals surface area contributed by atoms with Gasteiger partial charge in [-0.15, -0.1) is 0 Å². The molecule has 0 unspecified atom stereocenters. The monoisotopic (exact) mass is 966 g/mol. The number of halogens is 4. The normalized spacial score (nSPS) is 18.0. The third-order valence-corrected chi connectivity index (χ3v) is 10.5. The minimum absolute atomic E-state index is 0.0225. The minimum atomic E-state index is -2.01. The van der Waals surface area contributed by atoms with E-state index in [0.717, 1.165) is 103 Å². The van der Waals surface area contributed by atoms with Crippen molar-refractivity contribution in [2.24, 2.45) is 0 Å². The molecule has 0 spiro atoms. The van der Waals surface area contributed by atoms with Crippen LogP contribution in [0.4, 0.5) is 17.6 Å². The summed E-state index contributed by atoms with van der Waals surface area (Å²) in [5.74, 6) is -9.67. The third-order valence-electron chi connectivity index (χ3n) is 10.5. The second kappa shape index (κ2) is 26.4. The van der Waals surface area contributed by atoms with Crippen LogP contribution in [0, 0.1) is 23.3 Å². The Kier molecular flexibility index (Phi) is 20.2. The lowest BCUT2D eigenvalue weighted by atomic mass is 9.97. The Morgan fingerprint density at radius 2 is 1.03 bits per heavy atom. The van der Waals surface area contributed by atoms with Crippen LogP contribution >= 0.6 is 0 Å². The highest BCUT2D eigenvalue weighted by molar-refractivity contribution is 5.92. The maximum atomic E-state index is 14.0. The van der Waals surface area contributed by atoms with E-state index in [-0.39, 0.29) is 41.6 Å². The third kappa shape index (κ3) is 16.5. The Morgan fingerprint density at radius 1 is 0.580 bits per heavy atom. The van der Waals surface area contributed by atoms with Crippen LogP contribution in [-0.2, 0) is 42.8 Å². The lowest BCUT2D eigenvalue weighted by Gasteiger charge is -2.44. The van der Waals surface area contributed by atoms with Crippen molar-refractivity contribution in [3.8, 4) is 0 Å². The number of carbonyl (C=O) groups is 7. The number of aliphatic carboxylic acids is 1. The molecule has 0 saturated carbocycles. The van der Waals surface area contributed by atoms with Crippen LogP contribution in [0.3, 0.4) is 0 Å². The Hall–Kier alpha value is -7.19. The zero-order chi connectivity index (χ0) is 49.9. The van der Waals surface area contributed by atoms with Crippen molar-refractivity contribution >= 4 is 41.7 Å². The van der Waals surface area contributed by atoms with E-state index in [9.17, 15) is 51.1 Å². The molecule has 16 nitrogen and oxygen atoms in total. The molecule has 20 heteroatoms. The Bertz CT molecular complexity index is 2370. The fraction of sp³-hybridized carbons (Fsp3) is 0.367. The average Bonchev–Trinajstić information content (AvgIpc) is 3.32. The molecule has 1 aliphatic heterocycles. The number of hydrogen-bond donors (Lipinski definition) is 3. The van der Waals surface area contributed by atoms with Gasteiger partial charge in [0.1, 0.15) is 42.0 Å². The Morgan fingerprint density at radius 3 is 1.51 bits per heavy atom. The largest absolute Gasteiger partial charge is 0.481 e. The quantitative estimate of drug-likeness (QED) is 0.0290. The number of esters is 4. The minimum Gasteiger partial charge on any atom is -0.481 e. The lowest BCUT2D eigenvalue weighted by molar-refractivity contribution is -0.299. The molecule has 1 saturated heterocycles. The summed E-state index contributed by atoms with van der Waals surface area (Å²) in [7, 11) is 0. The van der Waals surface area contributed by atoms with Crippen molar-refractivity contribution in [2.45, 2.75) is 95.0 Å². The molecule has 4 aromatic carbocycles. The van der Waals surface area contributed by atoms with E-state index in [1.807, 2.05) is 6.92 Å². The number of carbonyl (C=O) groups excluding carboxylic acids is 6. The van der Waals surface area contributed by atoms with E-state index in [1.165, 1.54) is 0 Å². The standard InChI is InChI=1S/C49H50F4N2O14/c1-2-3-5-8-39(56)55-37(44(59)54-26-7-4-6-9-40(57)58)27-65-49-43(69-48(63)32-16-24-36(53)25-17-32)42(68-47(62)31-14-22-35(52)23-15-31)41(67-46(61)30-12-20-34(51)21-13-30)38(66-49)28-64-45(60)29-10-18-33(50)19-11-29/h10-25,37-38,41-43,49H,2-9,26-28H2,1H3,(H,54,59)(H,55,56)(H,57,58)/t37-,38+,41-,42-,43+,49+/m0/s1. The molecular formula is C49H50F4N2O14. The first-order valence-electron chi connectivity index (χ1n) is 22.0. The van der Waals surface area contributed by atoms with Crippen LogP contribution < -0.4 is 10.6 Å². The molecule has 3 N–H and O–H groups in total. The number of unbranched alkanes of at least 4 members (excludes halogenated alkanes) is 4. The number of rotatable bonds is 24. The predicted molar refractivity (Wildman–Crippen MR) is 233 cm³/mol. The molecule has 2 amide bonds. The predicted octanol–water partition coefficient (Wildman–Crippen LogP) is 6.64. The van der Waals surface area contributed by atoms with Crippen LogP contribution in [-0.4, -0.2) is 103 Å². The van der Waals surface area contributed by atoms with Gasteiger partial charge < -0.3 is 44.2 Å². The number of benzene rings is 4. The second-order valence-corrected chi connectivity index (χ2v) is 15.7. The number of amides is 2. The molecular weight excluding hydrogens is 917 g/mol. The summed E-state index contributed by atoms with van der Waals surface area (Å²) >= 11 is 0. The Balaban J connectivity index is 1.56. The summed E-state index contributed by atoms with van der Waals surface area (Å²) in [6.07, 6.45) is -6.53. The fourth-order valence-electron chi connectivity index (χ4n) is 6.80. The molecule has 4 aromatic rings. The van der Waals surface area contributed by atoms with Crippen molar-refractivity contribution in [2.75, 3.05) is 19.8 Å². The van der Waals surface area contributed by atoms with Crippen molar-refractivity contribution in [1.29, 1.82) is 0 Å². The zero-order valence-electron chi connectivity index (χ0n) is 37.2. The van der Waals surface area contributed by atoms with E-state index < -0.39 is 115 Å². The summed E-state index contributed by atoms with van der Waals surface area (Å²) in [4.78, 5) is 92.7. The van der Waals surface area contributed by atoms with Crippen molar-refractivity contribution in [3.63, 3.8) is 0 Å². The summed E-state index contributed by atoms with van der Waals surface area (Å²) in [6.45, 7) is 0.418. The molecule has 0 radical (unpaired) electrons. The number of ether oxygens (including phenoxy) is 6. The average molecular weight is 967 g/mol. The van der Waals surface area contributed by atoms with Gasteiger partial charge in [0.25, 0.3) is 0 Å². The summed E-state index contributed by atoms with van der Waals surface area (Å²) in [5.41, 5.74) is -0.854. The molecule has 5 rings (SSSR count). The van der Waals surface area contributed by atoms with Gasteiger partial charge in [-0.1, -0.05) is 26.2 Å². The maximum absolute atomic E-state index is 14.0. The zero-order valence-corrected chi connectivity index (χ0v) is 37.2. The van der Waals surface area contributed by atoms with Gasteiger partial charge in [0.2, 0.25) is 11.8 Å². The van der Waals surface area contributed by atoms with Crippen LogP contribution in [0.25, 0.3) is 0 Å². The van der Waals surface area contributed by atoms with Gasteiger partial charge in [-0.25, -0.2) is 36.7 Å². The first-order chi connectivity index (χ1) is 33.1. The molecule has 0 aromatic heterocycles. The lowest BCUT2D eigenvalue weighted by Crippen LogP contribution is -2.63. The van der Waals surface area contributed by atoms with Gasteiger partial charge >= 0.3 is 29.8 Å². The second-order valence-electron chi connectivity index (χ2n) is 15.7. The highest BCUT2D eigenvalue weighted by atomic mass is 19.1. The van der Waals surface area contributed by atoms with Crippen molar-refractivity contribution in [3.05, 3.63) is 143 Å². The summed E-state index contributed by atoms with van der Waals surface area (Å²) in [6, 6.07) is 14.8. The van der Waals surface area contributed by atoms with Gasteiger partial charge in [0, 0.05) is 19.4 Å². The molecule has 0 aliphatic carbocycles. The first kappa shape index (κ1) is 52.8. The highest BCUT2D eigenvalue weighted by Crippen LogP contribution is 2.32. The van der Waals surface area contributed by atoms with Crippen molar-refractivity contribution < 1.29 is 84.7 Å². The molecule has 1 fully saturated rings. The Labute approximate surface area is 393 Å². The molecule has 1 heterocycles. The number of hydrogen-bond acceptors (Lipinski definition) is 13. The molecule has 368 valence electrons. The van der Waals surface area contributed by atoms with Crippen LogP contribution in [0.2, 0.25) is 0 Å². The van der Waals surface area contributed by atoms with E-state index >= 15 is 0 Å². The number of carboxylic acid groups (broad SMARTS) is 1. The topological polar surface area (TPSA) is 219 Å². The smallest absolute Gasteiger partial charge is 0.338 e. The van der Waals surface area contributed by atoms with Gasteiger partial charge in [0.05, 0.1) is 28.9 Å². The van der Waals surface area contributed by atoms with Crippen LogP contribution in [0.15, 0.2) is 97.1 Å². The molecule has 1 aliphatic rings. The van der Waals surface area contributed by atoms with Gasteiger partial charge in [-0.2, -0.15) is 0 Å². The van der Waals surface area contributed by atoms with E-state index in [2.05, 4.69) is 10.6 Å². The summed E-state index contributed by atoms with van der Waals surface area (Å²) < 4.78 is 91.3. The van der Waals surface area contributed by atoms with Gasteiger partial charge in [0.15, 0.2) is 24.6 Å². The first-order valence-corrected chi connectivity index (χ1v) is 22.0. The number of nitrogens with one attached hydrogen (secondary N) is 2. The maximum Gasteiger partial charge on any atom is 0.338 e. The van der Waals surface area contributed by atoms with E-state index in [0.29, 0.717) is 32.1 Å².